The van der Waals surface area contributed by atoms with Gasteiger partial charge in [0.1, 0.15) is 17.4 Å². The molecule has 0 radical (unpaired) electrons. The summed E-state index contributed by atoms with van der Waals surface area (Å²) in [5.74, 6) is -2.64. The molecule has 3 amide bonds. The van der Waals surface area contributed by atoms with Gasteiger partial charge in [-0.3, -0.25) is 4.79 Å². The van der Waals surface area contributed by atoms with Crippen molar-refractivity contribution in [3.63, 3.8) is 0 Å². The maximum Gasteiger partial charge on any atom is 0.573 e. The number of likely N-dealkylation sites (tertiary alicyclic amines) is 1. The van der Waals surface area contributed by atoms with Crippen LogP contribution in [0.15, 0.2) is 42.5 Å². The van der Waals surface area contributed by atoms with Gasteiger partial charge in [0.05, 0.1) is 5.56 Å². The molecule has 4 aliphatic rings. The van der Waals surface area contributed by atoms with Crippen molar-refractivity contribution >= 4 is 23.6 Å². The fraction of sp³-hybridized carbons (Fsp3) is 0.464. The molecule has 4 fully saturated rings. The second-order valence-corrected chi connectivity index (χ2v) is 10.9. The van der Waals surface area contributed by atoms with Gasteiger partial charge >= 0.3 is 18.4 Å². The first-order valence-corrected chi connectivity index (χ1v) is 13.3. The summed E-state index contributed by atoms with van der Waals surface area (Å²) in [6.07, 6.45) is -0.148. The van der Waals surface area contributed by atoms with Crippen LogP contribution in [-0.4, -0.2) is 58.0 Å². The number of carbonyl (C=O) groups excluding carboxylic acids is 2. The summed E-state index contributed by atoms with van der Waals surface area (Å²) in [5.41, 5.74) is -0.964. The number of carboxylic acid groups (broad SMARTS) is 1. The highest BCUT2D eigenvalue weighted by Crippen LogP contribution is 2.49. The van der Waals surface area contributed by atoms with Gasteiger partial charge in [-0.25, -0.2) is 14.0 Å². The number of alkyl halides is 3. The van der Waals surface area contributed by atoms with E-state index in [9.17, 15) is 31.9 Å². The molecule has 1 heterocycles. The molecular weight excluding hydrogens is 550 g/mol. The van der Waals surface area contributed by atoms with Crippen LogP contribution in [0.2, 0.25) is 0 Å². The van der Waals surface area contributed by atoms with Crippen LogP contribution in [0.1, 0.15) is 61.7 Å². The van der Waals surface area contributed by atoms with Crippen molar-refractivity contribution in [3.05, 3.63) is 53.8 Å². The lowest BCUT2D eigenvalue weighted by atomic mass is 9.63. The molecule has 1 aliphatic heterocycles. The Kier molecular flexibility index (Phi) is 7.47. The van der Waals surface area contributed by atoms with Crippen molar-refractivity contribution in [1.29, 1.82) is 0 Å². The van der Waals surface area contributed by atoms with Gasteiger partial charge in [-0.1, -0.05) is 0 Å². The molecule has 3 aliphatic carbocycles. The first-order chi connectivity index (χ1) is 19.4. The summed E-state index contributed by atoms with van der Waals surface area (Å²) in [6.45, 7) is 0.357. The van der Waals surface area contributed by atoms with Crippen molar-refractivity contribution in [2.75, 3.05) is 11.9 Å². The standard InChI is InChI=1S/C28H29F4N3O6/c29-20-16-17(24(37)38)3-8-22(20)41-27-12-9-26(10-13-27,11-14-27)34-23(36)21-2-1-15-35(21)25(39)33-18-4-6-19(7-5-18)40-28(30,31)32/h3-8,16,21H,1-2,9-15H2,(H,33,39)(H,34,36)(H,37,38)/t21-,26?,27?/m1/s1. The van der Waals surface area contributed by atoms with Crippen LogP contribution in [0, 0.1) is 5.82 Å². The van der Waals surface area contributed by atoms with Crippen LogP contribution in [0.5, 0.6) is 11.5 Å². The Balaban J connectivity index is 1.16. The van der Waals surface area contributed by atoms with Crippen LogP contribution in [-0.2, 0) is 4.79 Å². The van der Waals surface area contributed by atoms with Crippen LogP contribution in [0.3, 0.4) is 0 Å². The largest absolute Gasteiger partial charge is 0.573 e. The fourth-order valence-corrected chi connectivity index (χ4v) is 6.00. The number of fused-ring (bicyclic) bond motifs is 3. The highest BCUT2D eigenvalue weighted by atomic mass is 19.4. The molecule has 3 saturated carbocycles. The average Bonchev–Trinajstić information content (AvgIpc) is 3.42. The fourth-order valence-electron chi connectivity index (χ4n) is 6.00. The Labute approximate surface area is 232 Å². The summed E-state index contributed by atoms with van der Waals surface area (Å²) < 4.78 is 61.6. The lowest BCUT2D eigenvalue weighted by molar-refractivity contribution is -0.274. The first kappa shape index (κ1) is 28.5. The molecule has 9 nitrogen and oxygen atoms in total. The Bertz CT molecular complexity index is 1310. The lowest BCUT2D eigenvalue weighted by Crippen LogP contribution is -2.62. The number of hydrogen-bond acceptors (Lipinski definition) is 5. The van der Waals surface area contributed by atoms with Crippen molar-refractivity contribution in [3.8, 4) is 11.5 Å². The van der Waals surface area contributed by atoms with Gasteiger partial charge in [-0.15, -0.1) is 13.2 Å². The number of benzene rings is 2. The van der Waals surface area contributed by atoms with E-state index in [4.69, 9.17) is 9.84 Å². The third-order valence-corrected chi connectivity index (χ3v) is 8.23. The molecular formula is C28H29F4N3O6. The molecule has 41 heavy (non-hydrogen) atoms. The number of nitrogens with zero attached hydrogens (tertiary/aromatic N) is 1. The average molecular weight is 580 g/mol. The molecule has 2 aromatic carbocycles. The van der Waals surface area contributed by atoms with Crippen molar-refractivity contribution in [1.82, 2.24) is 10.2 Å². The van der Waals surface area contributed by atoms with Crippen LogP contribution >= 0.6 is 0 Å². The van der Waals surface area contributed by atoms with Gasteiger partial charge in [0, 0.05) is 17.8 Å². The van der Waals surface area contributed by atoms with Crippen molar-refractivity contribution in [2.24, 2.45) is 0 Å². The number of halogens is 4. The molecule has 2 bridgehead atoms. The molecule has 6 rings (SSSR count). The molecule has 220 valence electrons. The van der Waals surface area contributed by atoms with Gasteiger partial charge in [0.2, 0.25) is 5.91 Å². The van der Waals surface area contributed by atoms with E-state index in [1.165, 1.54) is 29.2 Å². The summed E-state index contributed by atoms with van der Waals surface area (Å²) in [7, 11) is 0. The molecule has 1 atom stereocenters. The second-order valence-electron chi connectivity index (χ2n) is 10.9. The third-order valence-electron chi connectivity index (χ3n) is 8.23. The molecule has 0 spiro atoms. The number of nitrogens with one attached hydrogen (secondary N) is 2. The van der Waals surface area contributed by atoms with Crippen LogP contribution in [0.25, 0.3) is 0 Å². The van der Waals surface area contributed by atoms with E-state index in [2.05, 4.69) is 15.4 Å². The maximum absolute atomic E-state index is 14.5. The number of ether oxygens (including phenoxy) is 2. The number of aromatic carboxylic acids is 1. The minimum absolute atomic E-state index is 0.00330. The minimum Gasteiger partial charge on any atom is -0.484 e. The smallest absolute Gasteiger partial charge is 0.484 e. The molecule has 13 heteroatoms. The number of carbonyl (C=O) groups is 3. The van der Waals surface area contributed by atoms with E-state index in [1.807, 2.05) is 0 Å². The van der Waals surface area contributed by atoms with E-state index in [-0.39, 0.29) is 22.9 Å². The van der Waals surface area contributed by atoms with E-state index in [1.54, 1.807) is 0 Å². The highest BCUT2D eigenvalue weighted by Gasteiger charge is 2.52. The van der Waals surface area contributed by atoms with Gasteiger partial charge in [0.25, 0.3) is 0 Å². The van der Waals surface area contributed by atoms with Gasteiger partial charge < -0.3 is 30.1 Å². The number of anilines is 1. The summed E-state index contributed by atoms with van der Waals surface area (Å²) >= 11 is 0. The zero-order valence-corrected chi connectivity index (χ0v) is 21.9. The van der Waals surface area contributed by atoms with E-state index in [0.717, 1.165) is 18.2 Å². The van der Waals surface area contributed by atoms with E-state index >= 15 is 0 Å². The molecule has 2 aromatic rings. The third kappa shape index (κ3) is 6.33. The lowest BCUT2D eigenvalue weighted by Gasteiger charge is -2.53. The summed E-state index contributed by atoms with van der Waals surface area (Å²) in [6, 6.07) is 7.10. The first-order valence-electron chi connectivity index (χ1n) is 13.3. The van der Waals surface area contributed by atoms with Crippen LogP contribution < -0.4 is 20.1 Å². The number of amides is 3. The summed E-state index contributed by atoms with van der Waals surface area (Å²) in [4.78, 5) is 38.8. The van der Waals surface area contributed by atoms with Gasteiger partial charge in [-0.2, -0.15) is 0 Å². The second kappa shape index (κ2) is 10.7. The molecule has 3 N–H and O–H groups in total. The number of carboxylic acids is 1. The van der Waals surface area contributed by atoms with E-state index in [0.29, 0.717) is 57.9 Å². The Morgan fingerprint density at radius 1 is 0.976 bits per heavy atom. The molecule has 0 aromatic heterocycles. The Hall–Kier alpha value is -4.03. The Morgan fingerprint density at radius 2 is 1.63 bits per heavy atom. The SMILES string of the molecule is O=C(O)c1ccc(OC23CCC(NC(=O)[C@H]4CCCN4C(=O)Nc4ccc(OC(F)(F)F)cc4)(CC2)CC3)c(F)c1. The van der Waals surface area contributed by atoms with Crippen LogP contribution in [0.4, 0.5) is 28.0 Å². The normalized spacial score (nSPS) is 25.5. The molecule has 0 unspecified atom stereocenters. The van der Waals surface area contributed by atoms with Crippen molar-refractivity contribution < 1.29 is 46.5 Å². The predicted molar refractivity (Wildman–Crippen MR) is 137 cm³/mol. The number of hydrogen-bond donors (Lipinski definition) is 3. The summed E-state index contributed by atoms with van der Waals surface area (Å²) in [5, 5.41) is 14.9. The zero-order valence-electron chi connectivity index (χ0n) is 21.9. The van der Waals surface area contributed by atoms with Crippen molar-refractivity contribution in [2.45, 2.75) is 74.9 Å². The number of urea groups is 1. The van der Waals surface area contributed by atoms with Gasteiger partial charge in [-0.05, 0) is 93.8 Å². The van der Waals surface area contributed by atoms with E-state index < -0.39 is 47.1 Å². The minimum atomic E-state index is -4.82. The van der Waals surface area contributed by atoms with Gasteiger partial charge in [0.15, 0.2) is 11.6 Å². The monoisotopic (exact) mass is 579 g/mol. The molecule has 1 saturated heterocycles. The number of rotatable bonds is 7. The quantitative estimate of drug-likeness (QED) is 0.375. The predicted octanol–water partition coefficient (Wildman–Crippen LogP) is 5.46. The highest BCUT2D eigenvalue weighted by molar-refractivity contribution is 5.94. The maximum atomic E-state index is 14.5. The Morgan fingerprint density at radius 3 is 2.22 bits per heavy atom. The topological polar surface area (TPSA) is 117 Å². The zero-order chi connectivity index (χ0) is 29.4.